The van der Waals surface area contributed by atoms with Crippen molar-refractivity contribution in [2.24, 2.45) is 0 Å². The molecule has 0 saturated carbocycles. The van der Waals surface area contributed by atoms with E-state index in [1.165, 1.54) is 23.8 Å². The van der Waals surface area contributed by atoms with Crippen LogP contribution >= 0.6 is 11.6 Å². The molecule has 8 nitrogen and oxygen atoms in total. The highest BCUT2D eigenvalue weighted by Gasteiger charge is 2.29. The summed E-state index contributed by atoms with van der Waals surface area (Å²) < 4.78 is 30.7. The lowest BCUT2D eigenvalue weighted by molar-refractivity contribution is -0.142. The number of carbonyl (C=O) groups excluding carboxylic acids is 1. The van der Waals surface area contributed by atoms with Crippen molar-refractivity contribution in [2.75, 3.05) is 39.8 Å². The maximum absolute atomic E-state index is 12.4. The first-order valence-corrected chi connectivity index (χ1v) is 8.02. The normalized spacial score (nSPS) is 17.6. The van der Waals surface area contributed by atoms with Gasteiger partial charge in [0.2, 0.25) is 15.3 Å². The van der Waals surface area contributed by atoms with Gasteiger partial charge in [0.1, 0.15) is 4.90 Å². The molecule has 0 radical (unpaired) electrons. The molecular weight excluding hydrogens is 320 g/mol. The standard InChI is InChI=1S/C11H15ClN4O4S/c1-20-10(17)8-15-2-4-16(5-3-15)21(18,19)9-6-13-11(12)14-7-9/h6-7H,2-5,8H2,1H3. The lowest BCUT2D eigenvalue weighted by atomic mass is 10.3. The first-order valence-electron chi connectivity index (χ1n) is 6.20. The Morgan fingerprint density at radius 2 is 1.86 bits per heavy atom. The molecule has 0 amide bonds. The monoisotopic (exact) mass is 334 g/mol. The van der Waals surface area contributed by atoms with E-state index in [-0.39, 0.29) is 22.7 Å². The number of ether oxygens (including phenoxy) is 1. The van der Waals surface area contributed by atoms with Crippen molar-refractivity contribution in [3.8, 4) is 0 Å². The predicted octanol–water partition coefficient (Wildman–Crippen LogP) is -0.391. The lowest BCUT2D eigenvalue weighted by Crippen LogP contribution is -2.49. The molecule has 1 aromatic heterocycles. The van der Waals surface area contributed by atoms with Gasteiger partial charge in [0, 0.05) is 26.2 Å². The molecular formula is C11H15ClN4O4S. The van der Waals surface area contributed by atoms with Crippen LogP contribution in [0.3, 0.4) is 0 Å². The molecule has 1 aromatic rings. The molecule has 1 fully saturated rings. The largest absolute Gasteiger partial charge is 0.468 e. The van der Waals surface area contributed by atoms with Crippen molar-refractivity contribution >= 4 is 27.6 Å². The molecule has 1 aliphatic heterocycles. The maximum Gasteiger partial charge on any atom is 0.319 e. The highest BCUT2D eigenvalue weighted by atomic mass is 35.5. The van der Waals surface area contributed by atoms with E-state index in [4.69, 9.17) is 11.6 Å². The van der Waals surface area contributed by atoms with Crippen LogP contribution in [0.5, 0.6) is 0 Å². The fourth-order valence-electron chi connectivity index (χ4n) is 1.96. The van der Waals surface area contributed by atoms with Gasteiger partial charge in [-0.25, -0.2) is 18.4 Å². The number of methoxy groups -OCH3 is 1. The van der Waals surface area contributed by atoms with Gasteiger partial charge >= 0.3 is 5.97 Å². The Morgan fingerprint density at radius 1 is 1.29 bits per heavy atom. The van der Waals surface area contributed by atoms with Gasteiger partial charge in [0.05, 0.1) is 26.0 Å². The Balaban J connectivity index is 2.01. The first kappa shape index (κ1) is 16.1. The summed E-state index contributed by atoms with van der Waals surface area (Å²) in [5, 5.41) is -0.00292. The van der Waals surface area contributed by atoms with Crippen molar-refractivity contribution in [3.63, 3.8) is 0 Å². The quantitative estimate of drug-likeness (QED) is 0.547. The van der Waals surface area contributed by atoms with Crippen LogP contribution < -0.4 is 0 Å². The lowest BCUT2D eigenvalue weighted by Gasteiger charge is -2.33. The molecule has 0 N–H and O–H groups in total. The summed E-state index contributed by atoms with van der Waals surface area (Å²) in [6.07, 6.45) is 2.37. The summed E-state index contributed by atoms with van der Waals surface area (Å²) in [6, 6.07) is 0. The van der Waals surface area contributed by atoms with Crippen LogP contribution in [-0.4, -0.2) is 73.4 Å². The number of aromatic nitrogens is 2. The predicted molar refractivity (Wildman–Crippen MR) is 74.3 cm³/mol. The number of nitrogens with zero attached hydrogens (tertiary/aromatic N) is 4. The van der Waals surface area contributed by atoms with Gasteiger partial charge in [-0.1, -0.05) is 0 Å². The minimum Gasteiger partial charge on any atom is -0.468 e. The van der Waals surface area contributed by atoms with Crippen LogP contribution in [0.2, 0.25) is 5.28 Å². The van der Waals surface area contributed by atoms with Crippen molar-refractivity contribution in [1.82, 2.24) is 19.2 Å². The van der Waals surface area contributed by atoms with Crippen LogP contribution in [0, 0.1) is 0 Å². The van der Waals surface area contributed by atoms with E-state index < -0.39 is 10.0 Å². The van der Waals surface area contributed by atoms with E-state index >= 15 is 0 Å². The number of halogens is 1. The number of rotatable bonds is 4. The zero-order valence-corrected chi connectivity index (χ0v) is 13.0. The van der Waals surface area contributed by atoms with E-state index in [1.54, 1.807) is 0 Å². The fourth-order valence-corrected chi connectivity index (χ4v) is 3.37. The SMILES string of the molecule is COC(=O)CN1CCN(S(=O)(=O)c2cnc(Cl)nc2)CC1. The molecule has 1 aliphatic rings. The smallest absolute Gasteiger partial charge is 0.319 e. The molecule has 0 bridgehead atoms. The van der Waals surface area contributed by atoms with Gasteiger partial charge < -0.3 is 4.74 Å². The van der Waals surface area contributed by atoms with E-state index in [0.29, 0.717) is 26.2 Å². The van der Waals surface area contributed by atoms with Gasteiger partial charge in [-0.05, 0) is 11.6 Å². The van der Waals surface area contributed by atoms with Crippen LogP contribution in [0.25, 0.3) is 0 Å². The molecule has 0 atom stereocenters. The molecule has 0 unspecified atom stereocenters. The summed E-state index contributed by atoms with van der Waals surface area (Å²) in [4.78, 5) is 20.4. The van der Waals surface area contributed by atoms with Gasteiger partial charge in [0.25, 0.3) is 0 Å². The Kier molecular flexibility index (Phi) is 5.09. The number of piperazine rings is 1. The number of hydrogen-bond acceptors (Lipinski definition) is 7. The van der Waals surface area contributed by atoms with Crippen molar-refractivity contribution in [2.45, 2.75) is 4.90 Å². The number of hydrogen-bond donors (Lipinski definition) is 0. The Bertz CT molecular complexity index is 599. The van der Waals surface area contributed by atoms with Gasteiger partial charge in [-0.15, -0.1) is 0 Å². The second-order valence-electron chi connectivity index (χ2n) is 4.44. The molecule has 116 valence electrons. The summed E-state index contributed by atoms with van der Waals surface area (Å²) in [6.45, 7) is 1.67. The highest BCUT2D eigenvalue weighted by molar-refractivity contribution is 7.89. The van der Waals surface area contributed by atoms with E-state index in [0.717, 1.165) is 0 Å². The minimum absolute atomic E-state index is 0.00292. The Hall–Kier alpha value is -1.29. The number of esters is 1. The average molecular weight is 335 g/mol. The third-order valence-corrected chi connectivity index (χ3v) is 5.19. The Morgan fingerprint density at radius 3 is 2.38 bits per heavy atom. The van der Waals surface area contributed by atoms with Gasteiger partial charge in [-0.2, -0.15) is 4.31 Å². The third-order valence-electron chi connectivity index (χ3n) is 3.15. The summed E-state index contributed by atoms with van der Waals surface area (Å²) in [7, 11) is -2.31. The van der Waals surface area contributed by atoms with E-state index in [9.17, 15) is 13.2 Å². The second kappa shape index (κ2) is 6.65. The molecule has 2 rings (SSSR count). The van der Waals surface area contributed by atoms with Crippen LogP contribution in [-0.2, 0) is 19.6 Å². The zero-order valence-electron chi connectivity index (χ0n) is 11.4. The molecule has 0 aliphatic carbocycles. The number of carbonyl (C=O) groups is 1. The second-order valence-corrected chi connectivity index (χ2v) is 6.72. The first-order chi connectivity index (χ1) is 9.93. The van der Waals surface area contributed by atoms with Crippen molar-refractivity contribution < 1.29 is 17.9 Å². The summed E-state index contributed by atoms with van der Waals surface area (Å²) in [5.74, 6) is -0.336. The van der Waals surface area contributed by atoms with Crippen molar-refractivity contribution in [1.29, 1.82) is 0 Å². The summed E-state index contributed by atoms with van der Waals surface area (Å²) >= 11 is 5.55. The molecule has 0 aromatic carbocycles. The van der Waals surface area contributed by atoms with E-state index in [2.05, 4.69) is 14.7 Å². The highest BCUT2D eigenvalue weighted by Crippen LogP contribution is 2.16. The van der Waals surface area contributed by atoms with Crippen LogP contribution in [0.4, 0.5) is 0 Å². The van der Waals surface area contributed by atoms with Crippen LogP contribution in [0.15, 0.2) is 17.3 Å². The zero-order chi connectivity index (χ0) is 15.5. The van der Waals surface area contributed by atoms with Crippen molar-refractivity contribution in [3.05, 3.63) is 17.7 Å². The molecule has 10 heteroatoms. The average Bonchev–Trinajstić information content (AvgIpc) is 2.48. The Labute approximate surface area is 127 Å². The van der Waals surface area contributed by atoms with E-state index in [1.807, 2.05) is 4.90 Å². The topological polar surface area (TPSA) is 92.7 Å². The van der Waals surface area contributed by atoms with Gasteiger partial charge in [-0.3, -0.25) is 9.69 Å². The van der Waals surface area contributed by atoms with Gasteiger partial charge in [0.15, 0.2) is 0 Å². The summed E-state index contributed by atoms with van der Waals surface area (Å²) in [5.41, 5.74) is 0. The van der Waals surface area contributed by atoms with Crippen LogP contribution in [0.1, 0.15) is 0 Å². The fraction of sp³-hybridized carbons (Fsp3) is 0.545. The molecule has 0 spiro atoms. The third kappa shape index (κ3) is 3.88. The number of sulfonamides is 1. The molecule has 2 heterocycles. The minimum atomic E-state index is -3.63. The molecule has 21 heavy (non-hydrogen) atoms. The maximum atomic E-state index is 12.4. The molecule has 1 saturated heterocycles.